The van der Waals surface area contributed by atoms with Crippen molar-refractivity contribution in [1.29, 1.82) is 0 Å². The highest BCUT2D eigenvalue weighted by Crippen LogP contribution is 2.36. The SMILES string of the molecule is CC(C)(C)c1nc2c(c(=O)[nH]1)CN(Cc1ccc(-c3ccccc3C(F)(F)F)nc1)CC2. The Morgan fingerprint density at radius 1 is 1.09 bits per heavy atom. The molecule has 4 rings (SSSR count). The van der Waals surface area contributed by atoms with Gasteiger partial charge in [0.25, 0.3) is 5.56 Å². The lowest BCUT2D eigenvalue weighted by Gasteiger charge is -2.29. The molecule has 1 N–H and O–H groups in total. The van der Waals surface area contributed by atoms with E-state index in [0.29, 0.717) is 30.9 Å². The minimum absolute atomic E-state index is 0.0608. The number of nitrogens with zero attached hydrogens (tertiary/aromatic N) is 3. The largest absolute Gasteiger partial charge is 0.417 e. The van der Waals surface area contributed by atoms with E-state index in [2.05, 4.69) is 19.9 Å². The summed E-state index contributed by atoms with van der Waals surface area (Å²) < 4.78 is 39.9. The van der Waals surface area contributed by atoms with Gasteiger partial charge in [-0.05, 0) is 17.7 Å². The lowest BCUT2D eigenvalue weighted by atomic mass is 9.95. The molecule has 0 saturated carbocycles. The van der Waals surface area contributed by atoms with Crippen molar-refractivity contribution in [1.82, 2.24) is 19.9 Å². The molecule has 0 spiro atoms. The fourth-order valence-electron chi connectivity index (χ4n) is 3.86. The van der Waals surface area contributed by atoms with Crippen molar-refractivity contribution in [3.63, 3.8) is 0 Å². The fraction of sp³-hybridized carbons (Fsp3) is 0.375. The molecule has 1 aromatic carbocycles. The minimum Gasteiger partial charge on any atom is -0.310 e. The number of rotatable bonds is 3. The Morgan fingerprint density at radius 3 is 2.50 bits per heavy atom. The Morgan fingerprint density at radius 2 is 1.84 bits per heavy atom. The third kappa shape index (κ3) is 4.60. The van der Waals surface area contributed by atoms with Crippen LogP contribution in [0, 0.1) is 0 Å². The molecule has 0 aliphatic carbocycles. The van der Waals surface area contributed by atoms with Gasteiger partial charge >= 0.3 is 6.18 Å². The second-order valence-corrected chi connectivity index (χ2v) is 9.15. The van der Waals surface area contributed by atoms with Gasteiger partial charge in [0.1, 0.15) is 5.82 Å². The predicted molar refractivity (Wildman–Crippen MR) is 116 cm³/mol. The van der Waals surface area contributed by atoms with Gasteiger partial charge in [-0.3, -0.25) is 14.7 Å². The second kappa shape index (κ2) is 8.16. The van der Waals surface area contributed by atoms with E-state index < -0.39 is 11.7 Å². The van der Waals surface area contributed by atoms with Crippen molar-refractivity contribution < 1.29 is 13.2 Å². The molecule has 168 valence electrons. The number of fused-ring (bicyclic) bond motifs is 1. The number of benzene rings is 1. The van der Waals surface area contributed by atoms with Crippen LogP contribution >= 0.6 is 0 Å². The van der Waals surface area contributed by atoms with Crippen molar-refractivity contribution in [3.05, 3.63) is 81.2 Å². The van der Waals surface area contributed by atoms with Crippen LogP contribution in [-0.2, 0) is 31.1 Å². The molecule has 0 saturated heterocycles. The molecule has 3 aromatic rings. The van der Waals surface area contributed by atoms with Crippen LogP contribution in [0.5, 0.6) is 0 Å². The fourth-order valence-corrected chi connectivity index (χ4v) is 3.86. The minimum atomic E-state index is -4.44. The average Bonchev–Trinajstić information content (AvgIpc) is 2.73. The number of nitrogens with one attached hydrogen (secondary N) is 1. The summed E-state index contributed by atoms with van der Waals surface area (Å²) >= 11 is 0. The number of hydrogen-bond acceptors (Lipinski definition) is 4. The molecule has 1 aliphatic rings. The summed E-state index contributed by atoms with van der Waals surface area (Å²) in [6.45, 7) is 7.80. The Balaban J connectivity index is 1.51. The van der Waals surface area contributed by atoms with E-state index in [0.717, 1.165) is 23.9 Å². The molecule has 5 nitrogen and oxygen atoms in total. The summed E-state index contributed by atoms with van der Waals surface area (Å²) in [4.78, 5) is 26.6. The number of halogens is 3. The van der Waals surface area contributed by atoms with Crippen molar-refractivity contribution >= 4 is 0 Å². The van der Waals surface area contributed by atoms with Crippen LogP contribution in [-0.4, -0.2) is 26.4 Å². The maximum Gasteiger partial charge on any atom is 0.417 e. The zero-order valence-electron chi connectivity index (χ0n) is 18.3. The Kier molecular flexibility index (Phi) is 5.67. The van der Waals surface area contributed by atoms with E-state index in [4.69, 9.17) is 0 Å². The molecule has 0 amide bonds. The first-order valence-corrected chi connectivity index (χ1v) is 10.5. The molecular weight excluding hydrogens is 417 g/mol. The number of alkyl halides is 3. The predicted octanol–water partition coefficient (Wildman–Crippen LogP) is 4.71. The van der Waals surface area contributed by atoms with Crippen LogP contribution in [0.3, 0.4) is 0 Å². The summed E-state index contributed by atoms with van der Waals surface area (Å²) in [5, 5.41) is 0. The van der Waals surface area contributed by atoms with Gasteiger partial charge in [-0.2, -0.15) is 13.2 Å². The molecule has 0 fully saturated rings. The van der Waals surface area contributed by atoms with Crippen molar-refractivity contribution in [3.8, 4) is 11.3 Å². The number of aromatic amines is 1. The third-order valence-electron chi connectivity index (χ3n) is 5.60. The van der Waals surface area contributed by atoms with Gasteiger partial charge in [-0.15, -0.1) is 0 Å². The normalized spacial score (nSPS) is 14.9. The first kappa shape index (κ1) is 22.2. The number of H-pyrrole nitrogens is 1. The van der Waals surface area contributed by atoms with Crippen LogP contribution in [0.1, 0.15) is 49.0 Å². The monoisotopic (exact) mass is 442 g/mol. The summed E-state index contributed by atoms with van der Waals surface area (Å²) in [7, 11) is 0. The standard InChI is InChI=1S/C24H25F3N4O/c1-23(2,3)22-29-20-10-11-31(14-17(20)21(32)30-22)13-15-8-9-19(28-12-15)16-6-4-5-7-18(16)24(25,26)27/h4-9,12H,10-11,13-14H2,1-3H3,(H,29,30,32). The molecule has 8 heteroatoms. The molecule has 1 aliphatic heterocycles. The second-order valence-electron chi connectivity index (χ2n) is 9.15. The first-order chi connectivity index (χ1) is 15.0. The molecule has 32 heavy (non-hydrogen) atoms. The van der Waals surface area contributed by atoms with Crippen LogP contribution in [0.15, 0.2) is 47.4 Å². The zero-order valence-corrected chi connectivity index (χ0v) is 18.3. The Labute approximate surface area is 184 Å². The highest BCUT2D eigenvalue weighted by Gasteiger charge is 2.33. The van der Waals surface area contributed by atoms with Gasteiger partial charge in [-0.25, -0.2) is 4.98 Å². The van der Waals surface area contributed by atoms with Gasteiger partial charge in [0.05, 0.1) is 22.5 Å². The summed E-state index contributed by atoms with van der Waals surface area (Å²) in [6, 6.07) is 8.83. The zero-order chi connectivity index (χ0) is 23.1. The Hall–Kier alpha value is -3.00. The first-order valence-electron chi connectivity index (χ1n) is 10.5. The van der Waals surface area contributed by atoms with Crippen LogP contribution in [0.2, 0.25) is 0 Å². The van der Waals surface area contributed by atoms with E-state index in [9.17, 15) is 18.0 Å². The van der Waals surface area contributed by atoms with E-state index >= 15 is 0 Å². The van der Waals surface area contributed by atoms with E-state index in [1.807, 2.05) is 20.8 Å². The lowest BCUT2D eigenvalue weighted by Crippen LogP contribution is -2.37. The van der Waals surface area contributed by atoms with Crippen molar-refractivity contribution in [2.45, 2.75) is 51.9 Å². The van der Waals surface area contributed by atoms with E-state index in [1.54, 1.807) is 24.4 Å². The van der Waals surface area contributed by atoms with Gasteiger partial charge in [0, 0.05) is 43.2 Å². The number of aromatic nitrogens is 3. The van der Waals surface area contributed by atoms with Gasteiger partial charge in [0.2, 0.25) is 0 Å². The molecule has 3 heterocycles. The van der Waals surface area contributed by atoms with Gasteiger partial charge in [0.15, 0.2) is 0 Å². The molecule has 2 aromatic heterocycles. The quantitative estimate of drug-likeness (QED) is 0.638. The topological polar surface area (TPSA) is 61.9 Å². The van der Waals surface area contributed by atoms with Crippen LogP contribution in [0.4, 0.5) is 13.2 Å². The molecule has 0 atom stereocenters. The van der Waals surface area contributed by atoms with Crippen molar-refractivity contribution in [2.24, 2.45) is 0 Å². The van der Waals surface area contributed by atoms with Crippen LogP contribution < -0.4 is 5.56 Å². The van der Waals surface area contributed by atoms with Gasteiger partial charge < -0.3 is 4.98 Å². The molecular formula is C24H25F3N4O. The number of pyridine rings is 1. The van der Waals surface area contributed by atoms with E-state index in [-0.39, 0.29) is 22.2 Å². The maximum absolute atomic E-state index is 13.3. The molecule has 0 unspecified atom stereocenters. The highest BCUT2D eigenvalue weighted by molar-refractivity contribution is 5.64. The smallest absolute Gasteiger partial charge is 0.310 e. The van der Waals surface area contributed by atoms with Gasteiger partial charge in [-0.1, -0.05) is 45.0 Å². The van der Waals surface area contributed by atoms with Crippen LogP contribution in [0.25, 0.3) is 11.3 Å². The maximum atomic E-state index is 13.3. The summed E-state index contributed by atoms with van der Waals surface area (Å²) in [5.74, 6) is 0.689. The highest BCUT2D eigenvalue weighted by atomic mass is 19.4. The number of hydrogen-bond donors (Lipinski definition) is 1. The van der Waals surface area contributed by atoms with Crippen molar-refractivity contribution in [2.75, 3.05) is 6.54 Å². The lowest BCUT2D eigenvalue weighted by molar-refractivity contribution is -0.137. The Bertz CT molecular complexity index is 1180. The summed E-state index contributed by atoms with van der Waals surface area (Å²) in [5.41, 5.74) is 1.68. The third-order valence-corrected chi connectivity index (χ3v) is 5.60. The average molecular weight is 442 g/mol. The molecule has 0 radical (unpaired) electrons. The van der Waals surface area contributed by atoms with E-state index in [1.165, 1.54) is 12.1 Å². The molecule has 0 bridgehead atoms. The summed E-state index contributed by atoms with van der Waals surface area (Å²) in [6.07, 6.45) is -2.16.